The SMILES string of the molecule is CC(C)[C@H]1COC(=O)N1c1nc(Cl)nc(N[C@@H](C)c2cn(-c3ccc(C(F)(F)F)cc3)cn2)n1. The molecular weight excluding hydrogens is 475 g/mol. The first kappa shape index (κ1) is 23.7. The molecule has 3 heterocycles. The van der Waals surface area contributed by atoms with E-state index in [1.54, 1.807) is 17.7 Å². The van der Waals surface area contributed by atoms with Crippen LogP contribution in [0.5, 0.6) is 0 Å². The second-order valence-electron chi connectivity index (χ2n) is 8.10. The molecule has 1 amide bonds. The van der Waals surface area contributed by atoms with Crippen molar-refractivity contribution in [1.82, 2.24) is 24.5 Å². The number of imidazole rings is 1. The first-order chi connectivity index (χ1) is 16.0. The maximum Gasteiger partial charge on any atom is 0.417 e. The number of benzene rings is 1. The number of nitrogens with zero attached hydrogens (tertiary/aromatic N) is 6. The topological polar surface area (TPSA) is 98.1 Å². The quantitative estimate of drug-likeness (QED) is 0.520. The zero-order valence-corrected chi connectivity index (χ0v) is 19.2. The first-order valence-corrected chi connectivity index (χ1v) is 10.8. The molecule has 2 atom stereocenters. The molecular formula is C21H21ClF3N7O2. The van der Waals surface area contributed by atoms with Gasteiger partial charge in [-0.05, 0) is 48.7 Å². The lowest BCUT2D eigenvalue weighted by Crippen LogP contribution is -2.38. The Morgan fingerprint density at radius 3 is 2.50 bits per heavy atom. The van der Waals surface area contributed by atoms with Crippen molar-refractivity contribution in [2.24, 2.45) is 5.92 Å². The minimum absolute atomic E-state index is 0.0752. The maximum absolute atomic E-state index is 12.8. The van der Waals surface area contributed by atoms with Crippen molar-refractivity contribution in [2.75, 3.05) is 16.8 Å². The second kappa shape index (κ2) is 9.09. The van der Waals surface area contributed by atoms with Crippen LogP contribution in [0.3, 0.4) is 0 Å². The van der Waals surface area contributed by atoms with Crippen LogP contribution in [0.25, 0.3) is 5.69 Å². The summed E-state index contributed by atoms with van der Waals surface area (Å²) in [4.78, 5) is 30.4. The molecule has 0 unspecified atom stereocenters. The van der Waals surface area contributed by atoms with E-state index < -0.39 is 23.9 Å². The molecule has 1 saturated heterocycles. The molecule has 0 aliphatic carbocycles. The number of nitrogens with one attached hydrogen (secondary N) is 1. The van der Waals surface area contributed by atoms with Crippen LogP contribution in [0.1, 0.15) is 38.1 Å². The number of rotatable bonds is 6. The molecule has 0 radical (unpaired) electrons. The molecule has 2 aromatic heterocycles. The van der Waals surface area contributed by atoms with Gasteiger partial charge in [-0.3, -0.25) is 0 Å². The fourth-order valence-electron chi connectivity index (χ4n) is 3.46. The van der Waals surface area contributed by atoms with E-state index in [1.165, 1.54) is 23.4 Å². The molecule has 1 N–H and O–H groups in total. The molecule has 1 aromatic carbocycles. The molecule has 1 fully saturated rings. The van der Waals surface area contributed by atoms with Crippen molar-refractivity contribution in [2.45, 2.75) is 39.0 Å². The van der Waals surface area contributed by atoms with E-state index in [1.807, 2.05) is 13.8 Å². The number of hydrogen-bond donors (Lipinski definition) is 1. The molecule has 1 aliphatic rings. The molecule has 4 rings (SSSR count). The van der Waals surface area contributed by atoms with Crippen LogP contribution < -0.4 is 10.2 Å². The van der Waals surface area contributed by atoms with E-state index in [9.17, 15) is 18.0 Å². The summed E-state index contributed by atoms with van der Waals surface area (Å²) in [6.45, 7) is 5.94. The van der Waals surface area contributed by atoms with Gasteiger partial charge in [-0.2, -0.15) is 28.1 Å². The Balaban J connectivity index is 1.52. The van der Waals surface area contributed by atoms with Gasteiger partial charge in [0, 0.05) is 11.9 Å². The lowest BCUT2D eigenvalue weighted by atomic mass is 10.1. The summed E-state index contributed by atoms with van der Waals surface area (Å²) < 4.78 is 45.1. The van der Waals surface area contributed by atoms with Crippen molar-refractivity contribution >= 4 is 29.6 Å². The molecule has 1 aliphatic heterocycles. The Hall–Kier alpha value is -3.41. The molecule has 34 heavy (non-hydrogen) atoms. The van der Waals surface area contributed by atoms with E-state index in [2.05, 4.69) is 25.3 Å². The number of carbonyl (C=O) groups is 1. The number of anilines is 2. The molecule has 0 spiro atoms. The normalized spacial score (nSPS) is 17.2. The predicted octanol–water partition coefficient (Wildman–Crippen LogP) is 4.88. The van der Waals surface area contributed by atoms with E-state index in [0.717, 1.165) is 12.1 Å². The van der Waals surface area contributed by atoms with Gasteiger partial charge in [-0.25, -0.2) is 14.7 Å². The Bertz CT molecular complexity index is 1180. The summed E-state index contributed by atoms with van der Waals surface area (Å²) in [6.07, 6.45) is -1.79. The van der Waals surface area contributed by atoms with Gasteiger partial charge in [0.2, 0.25) is 17.2 Å². The van der Waals surface area contributed by atoms with Gasteiger partial charge in [0.05, 0.1) is 29.7 Å². The minimum atomic E-state index is -4.40. The summed E-state index contributed by atoms with van der Waals surface area (Å²) in [5.41, 5.74) is 0.381. The number of hydrogen-bond acceptors (Lipinski definition) is 7. The van der Waals surface area contributed by atoms with Gasteiger partial charge in [-0.1, -0.05) is 13.8 Å². The van der Waals surface area contributed by atoms with Crippen LogP contribution in [0.4, 0.5) is 29.9 Å². The molecule has 3 aromatic rings. The van der Waals surface area contributed by atoms with Gasteiger partial charge in [-0.15, -0.1) is 0 Å². The third-order valence-corrected chi connectivity index (χ3v) is 5.54. The molecule has 9 nitrogen and oxygen atoms in total. The number of cyclic esters (lactones) is 1. The van der Waals surface area contributed by atoms with Crippen LogP contribution in [0, 0.1) is 5.92 Å². The maximum atomic E-state index is 12.8. The highest BCUT2D eigenvalue weighted by Gasteiger charge is 2.38. The van der Waals surface area contributed by atoms with Crippen molar-refractivity contribution < 1.29 is 22.7 Å². The van der Waals surface area contributed by atoms with E-state index in [4.69, 9.17) is 16.3 Å². The average Bonchev–Trinajstić information content (AvgIpc) is 3.40. The predicted molar refractivity (Wildman–Crippen MR) is 118 cm³/mol. The smallest absolute Gasteiger partial charge is 0.417 e. The van der Waals surface area contributed by atoms with Crippen molar-refractivity contribution in [1.29, 1.82) is 0 Å². The van der Waals surface area contributed by atoms with Gasteiger partial charge < -0.3 is 14.6 Å². The minimum Gasteiger partial charge on any atom is -0.447 e. The highest BCUT2D eigenvalue weighted by Crippen LogP contribution is 2.30. The van der Waals surface area contributed by atoms with Crippen LogP contribution >= 0.6 is 11.6 Å². The number of aromatic nitrogens is 5. The first-order valence-electron chi connectivity index (χ1n) is 10.4. The molecule has 13 heteroatoms. The standard InChI is InChI=1S/C21H21ClF3N7O2/c1-11(2)16-9-34-20(33)32(16)19-29-17(22)28-18(30-19)27-12(3)15-8-31(10-26-15)14-6-4-13(5-7-14)21(23,24)25/h4-8,10-12,16H,9H2,1-3H3,(H,27,28,29,30)/t12-,16+/m0/s1. The monoisotopic (exact) mass is 495 g/mol. The Morgan fingerprint density at radius 1 is 1.15 bits per heavy atom. The highest BCUT2D eigenvalue weighted by molar-refractivity contribution is 6.28. The Morgan fingerprint density at radius 2 is 1.85 bits per heavy atom. The van der Waals surface area contributed by atoms with E-state index in [0.29, 0.717) is 11.4 Å². The number of carbonyl (C=O) groups excluding carboxylic acids is 1. The fraction of sp³-hybridized carbons (Fsp3) is 0.381. The summed E-state index contributed by atoms with van der Waals surface area (Å²) in [7, 11) is 0. The van der Waals surface area contributed by atoms with Crippen molar-refractivity contribution in [3.8, 4) is 5.69 Å². The largest absolute Gasteiger partial charge is 0.447 e. The second-order valence-corrected chi connectivity index (χ2v) is 8.44. The third-order valence-electron chi connectivity index (χ3n) is 5.37. The van der Waals surface area contributed by atoms with E-state index in [-0.39, 0.29) is 35.7 Å². The van der Waals surface area contributed by atoms with Gasteiger partial charge >= 0.3 is 12.3 Å². The van der Waals surface area contributed by atoms with Gasteiger partial charge in [0.1, 0.15) is 6.61 Å². The third kappa shape index (κ3) is 4.91. The van der Waals surface area contributed by atoms with E-state index >= 15 is 0 Å². The van der Waals surface area contributed by atoms with Crippen LogP contribution in [0.15, 0.2) is 36.8 Å². The zero-order chi connectivity index (χ0) is 24.6. The molecule has 0 bridgehead atoms. The lowest BCUT2D eigenvalue weighted by Gasteiger charge is -2.22. The number of alkyl halides is 3. The average molecular weight is 496 g/mol. The number of halogens is 4. The van der Waals surface area contributed by atoms with Crippen molar-refractivity contribution in [3.05, 3.63) is 53.3 Å². The summed E-state index contributed by atoms with van der Waals surface area (Å²) in [5, 5.41) is 2.97. The Labute approximate surface area is 198 Å². The highest BCUT2D eigenvalue weighted by atomic mass is 35.5. The van der Waals surface area contributed by atoms with Crippen molar-refractivity contribution in [3.63, 3.8) is 0 Å². The molecule has 0 saturated carbocycles. The van der Waals surface area contributed by atoms with Crippen LogP contribution in [0.2, 0.25) is 5.28 Å². The summed E-state index contributed by atoms with van der Waals surface area (Å²) in [6, 6.07) is 4.12. The zero-order valence-electron chi connectivity index (χ0n) is 18.4. The van der Waals surface area contributed by atoms with Crippen LogP contribution in [-0.4, -0.2) is 43.2 Å². The van der Waals surface area contributed by atoms with Gasteiger partial charge in [0.15, 0.2) is 0 Å². The Kier molecular flexibility index (Phi) is 6.34. The number of amides is 1. The number of ether oxygens (including phenoxy) is 1. The lowest BCUT2D eigenvalue weighted by molar-refractivity contribution is -0.137. The van der Waals surface area contributed by atoms with Gasteiger partial charge in [0.25, 0.3) is 0 Å². The summed E-state index contributed by atoms with van der Waals surface area (Å²) in [5.74, 6) is 0.312. The fourth-order valence-corrected chi connectivity index (χ4v) is 3.62. The summed E-state index contributed by atoms with van der Waals surface area (Å²) >= 11 is 6.08. The van der Waals surface area contributed by atoms with Crippen LogP contribution in [-0.2, 0) is 10.9 Å². The molecule has 180 valence electrons.